The van der Waals surface area contributed by atoms with Crippen LogP contribution < -0.4 is 16.0 Å². The molecule has 0 radical (unpaired) electrons. The topological polar surface area (TPSA) is 70.2 Å². The predicted octanol–water partition coefficient (Wildman–Crippen LogP) is 2.27. The van der Waals surface area contributed by atoms with Crippen LogP contribution in [0.3, 0.4) is 0 Å². The van der Waals surface area contributed by atoms with Gasteiger partial charge in [0.1, 0.15) is 0 Å². The third-order valence-corrected chi connectivity index (χ3v) is 4.04. The fourth-order valence-electron chi connectivity index (χ4n) is 1.79. The second-order valence-electron chi connectivity index (χ2n) is 6.05. The summed E-state index contributed by atoms with van der Waals surface area (Å²) in [6.07, 6.45) is 0. The van der Waals surface area contributed by atoms with Gasteiger partial charge in [0, 0.05) is 28.4 Å². The van der Waals surface area contributed by atoms with Gasteiger partial charge in [-0.15, -0.1) is 11.8 Å². The van der Waals surface area contributed by atoms with E-state index in [1.807, 2.05) is 39.0 Å². The van der Waals surface area contributed by atoms with Crippen molar-refractivity contribution in [3.63, 3.8) is 0 Å². The molecule has 114 valence electrons. The Kier molecular flexibility index (Phi) is 4.90. The van der Waals surface area contributed by atoms with Crippen LogP contribution in [0.4, 0.5) is 11.4 Å². The number of benzene rings is 1. The number of hydrogen-bond donors (Lipinski definition) is 3. The van der Waals surface area contributed by atoms with Gasteiger partial charge in [-0.1, -0.05) is 26.8 Å². The van der Waals surface area contributed by atoms with Crippen molar-refractivity contribution in [1.82, 2.24) is 5.32 Å². The van der Waals surface area contributed by atoms with Crippen molar-refractivity contribution in [2.75, 3.05) is 22.3 Å². The average molecular weight is 307 g/mol. The molecule has 2 amide bonds. The van der Waals surface area contributed by atoms with Crippen molar-refractivity contribution in [2.45, 2.75) is 26.8 Å². The van der Waals surface area contributed by atoms with E-state index >= 15 is 0 Å². The summed E-state index contributed by atoms with van der Waals surface area (Å²) in [5.41, 5.74) is 0.913. The first-order valence-electron chi connectivity index (χ1n) is 6.90. The number of anilines is 2. The number of carbonyl (C=O) groups is 2. The van der Waals surface area contributed by atoms with E-state index in [9.17, 15) is 9.59 Å². The lowest BCUT2D eigenvalue weighted by atomic mass is 9.95. The molecular formula is C15H21N3O2S. The molecule has 1 atom stereocenters. The number of rotatable bonds is 3. The van der Waals surface area contributed by atoms with Crippen LogP contribution in [0.2, 0.25) is 0 Å². The van der Waals surface area contributed by atoms with Crippen molar-refractivity contribution in [3.05, 3.63) is 24.3 Å². The van der Waals surface area contributed by atoms with Gasteiger partial charge in [0.25, 0.3) is 0 Å². The van der Waals surface area contributed by atoms with Gasteiger partial charge >= 0.3 is 0 Å². The molecule has 0 bridgehead atoms. The Balaban J connectivity index is 2.00. The maximum Gasteiger partial charge on any atom is 0.242 e. The first kappa shape index (κ1) is 15.9. The van der Waals surface area contributed by atoms with Gasteiger partial charge in [-0.25, -0.2) is 0 Å². The monoisotopic (exact) mass is 307 g/mol. The zero-order valence-corrected chi connectivity index (χ0v) is 13.3. The smallest absolute Gasteiger partial charge is 0.242 e. The highest BCUT2D eigenvalue weighted by molar-refractivity contribution is 7.99. The van der Waals surface area contributed by atoms with Gasteiger partial charge in [-0.05, 0) is 18.2 Å². The van der Waals surface area contributed by atoms with Crippen molar-refractivity contribution in [3.8, 4) is 0 Å². The van der Waals surface area contributed by atoms with Crippen LogP contribution in [0.25, 0.3) is 0 Å². The minimum Gasteiger partial charge on any atom is -0.326 e. The Bertz CT molecular complexity index is 534. The molecule has 1 unspecified atom stereocenters. The summed E-state index contributed by atoms with van der Waals surface area (Å²) in [5, 5.41) is 8.85. The van der Waals surface area contributed by atoms with Crippen molar-refractivity contribution in [1.29, 1.82) is 0 Å². The number of nitrogens with one attached hydrogen (secondary N) is 3. The summed E-state index contributed by atoms with van der Waals surface area (Å²) >= 11 is 1.71. The van der Waals surface area contributed by atoms with E-state index < -0.39 is 5.41 Å². The zero-order chi connectivity index (χ0) is 15.5. The van der Waals surface area contributed by atoms with Crippen LogP contribution >= 0.6 is 11.8 Å². The fourth-order valence-corrected chi connectivity index (χ4v) is 2.73. The Morgan fingerprint density at radius 1 is 1.24 bits per heavy atom. The number of thioether (sulfide) groups is 1. The van der Waals surface area contributed by atoms with E-state index in [2.05, 4.69) is 16.0 Å². The third-order valence-electron chi connectivity index (χ3n) is 3.10. The summed E-state index contributed by atoms with van der Waals surface area (Å²) in [6.45, 7) is 5.58. The van der Waals surface area contributed by atoms with E-state index in [4.69, 9.17) is 0 Å². The lowest BCUT2D eigenvalue weighted by Crippen LogP contribution is -2.37. The highest BCUT2D eigenvalue weighted by Crippen LogP contribution is 2.20. The van der Waals surface area contributed by atoms with Crippen molar-refractivity contribution >= 4 is 35.0 Å². The molecule has 5 nitrogen and oxygen atoms in total. The van der Waals surface area contributed by atoms with Crippen LogP contribution in [0, 0.1) is 5.41 Å². The van der Waals surface area contributed by atoms with Gasteiger partial charge in [0.2, 0.25) is 11.8 Å². The second kappa shape index (κ2) is 6.49. The highest BCUT2D eigenvalue weighted by atomic mass is 32.2. The largest absolute Gasteiger partial charge is 0.326 e. The van der Waals surface area contributed by atoms with E-state index in [0.29, 0.717) is 11.4 Å². The molecule has 1 aromatic rings. The second-order valence-corrected chi connectivity index (χ2v) is 7.08. The van der Waals surface area contributed by atoms with Crippen LogP contribution in [0.1, 0.15) is 20.8 Å². The van der Waals surface area contributed by atoms with Gasteiger partial charge in [0.05, 0.1) is 6.04 Å². The van der Waals surface area contributed by atoms with Crippen LogP contribution in [0.5, 0.6) is 0 Å². The first-order valence-corrected chi connectivity index (χ1v) is 8.05. The molecule has 6 heteroatoms. The van der Waals surface area contributed by atoms with Crippen LogP contribution in [0.15, 0.2) is 24.3 Å². The van der Waals surface area contributed by atoms with E-state index in [-0.39, 0.29) is 17.9 Å². The minimum atomic E-state index is -0.454. The highest BCUT2D eigenvalue weighted by Gasteiger charge is 2.23. The average Bonchev–Trinajstić information content (AvgIpc) is 2.91. The Hall–Kier alpha value is -1.53. The Labute approximate surface area is 129 Å². The summed E-state index contributed by atoms with van der Waals surface area (Å²) in [4.78, 5) is 24.0. The van der Waals surface area contributed by atoms with Crippen molar-refractivity contribution < 1.29 is 9.59 Å². The molecule has 21 heavy (non-hydrogen) atoms. The molecule has 0 aromatic heterocycles. The van der Waals surface area contributed by atoms with Gasteiger partial charge in [-0.3, -0.25) is 14.9 Å². The molecule has 0 spiro atoms. The normalized spacial score (nSPS) is 18.3. The van der Waals surface area contributed by atoms with Gasteiger partial charge in [-0.2, -0.15) is 0 Å². The molecule has 0 aliphatic carbocycles. The molecule has 1 saturated heterocycles. The van der Waals surface area contributed by atoms with E-state index in [1.54, 1.807) is 17.8 Å². The first-order chi connectivity index (χ1) is 9.86. The Morgan fingerprint density at radius 2 is 1.90 bits per heavy atom. The molecule has 1 aliphatic heterocycles. The molecule has 1 aliphatic rings. The molecule has 1 aromatic carbocycles. The molecule has 1 heterocycles. The Morgan fingerprint density at radius 3 is 2.48 bits per heavy atom. The maximum atomic E-state index is 12.0. The lowest BCUT2D eigenvalue weighted by Gasteiger charge is -2.18. The fraction of sp³-hybridized carbons (Fsp3) is 0.467. The predicted molar refractivity (Wildman–Crippen MR) is 87.4 cm³/mol. The summed E-state index contributed by atoms with van der Waals surface area (Å²) in [6, 6.07) is 7.05. The van der Waals surface area contributed by atoms with Crippen LogP contribution in [-0.2, 0) is 9.59 Å². The molecule has 0 saturated carbocycles. The number of hydrogen-bond acceptors (Lipinski definition) is 4. The molecular weight excluding hydrogens is 286 g/mol. The van der Waals surface area contributed by atoms with E-state index in [1.165, 1.54) is 0 Å². The summed E-state index contributed by atoms with van der Waals surface area (Å²) in [7, 11) is 0. The minimum absolute atomic E-state index is 0.0423. The number of carbonyl (C=O) groups excluding carboxylic acids is 2. The van der Waals surface area contributed by atoms with Gasteiger partial charge < -0.3 is 10.6 Å². The van der Waals surface area contributed by atoms with Gasteiger partial charge in [0.15, 0.2) is 0 Å². The number of amides is 2. The van der Waals surface area contributed by atoms with E-state index in [0.717, 1.165) is 11.6 Å². The SMILES string of the molecule is CC(C)(C)C(=O)Nc1cccc(NC(=O)C2CSCN2)c1. The zero-order valence-electron chi connectivity index (χ0n) is 12.5. The lowest BCUT2D eigenvalue weighted by molar-refractivity contribution is -0.123. The van der Waals surface area contributed by atoms with Crippen LogP contribution in [-0.4, -0.2) is 29.5 Å². The summed E-state index contributed by atoms with van der Waals surface area (Å²) in [5.74, 6) is 1.49. The maximum absolute atomic E-state index is 12.0. The van der Waals surface area contributed by atoms with Crippen molar-refractivity contribution in [2.24, 2.45) is 5.41 Å². The molecule has 1 fully saturated rings. The third kappa shape index (κ3) is 4.47. The molecule has 2 rings (SSSR count). The quantitative estimate of drug-likeness (QED) is 0.801. The summed E-state index contributed by atoms with van der Waals surface area (Å²) < 4.78 is 0. The molecule has 3 N–H and O–H groups in total. The standard InChI is InChI=1S/C15H21N3O2S/c1-15(2,3)14(20)18-11-6-4-5-10(7-11)17-13(19)12-8-21-9-16-12/h4-7,12,16H,8-9H2,1-3H3,(H,17,19)(H,18,20).